The summed E-state index contributed by atoms with van der Waals surface area (Å²) in [6.07, 6.45) is 0. The molecule has 0 radical (unpaired) electrons. The first-order valence-corrected chi connectivity index (χ1v) is 7.20. The van der Waals surface area contributed by atoms with E-state index >= 15 is 0 Å². The molecule has 2 N–H and O–H groups in total. The zero-order chi connectivity index (χ0) is 15.9. The van der Waals surface area contributed by atoms with Crippen LogP contribution in [0.3, 0.4) is 0 Å². The molecule has 2 aromatic rings. The van der Waals surface area contributed by atoms with Gasteiger partial charge in [-0.25, -0.2) is 4.39 Å². The van der Waals surface area contributed by atoms with Crippen LogP contribution in [0.25, 0.3) is 0 Å². The number of aliphatic imine (C=N–C) groups is 1. The number of rotatable bonds is 4. The quantitative estimate of drug-likeness (QED) is 0.674. The molecule has 0 aliphatic rings. The Morgan fingerprint density at radius 2 is 1.91 bits per heavy atom. The van der Waals surface area contributed by atoms with Crippen LogP contribution in [0.4, 0.5) is 4.39 Å². The molecule has 4 nitrogen and oxygen atoms in total. The summed E-state index contributed by atoms with van der Waals surface area (Å²) in [5.74, 6) is 0.468. The zero-order valence-corrected chi connectivity index (χ0v) is 13.2. The van der Waals surface area contributed by atoms with E-state index in [-0.39, 0.29) is 5.82 Å². The first-order valence-electron chi connectivity index (χ1n) is 7.20. The second kappa shape index (κ2) is 7.54. The lowest BCUT2D eigenvalue weighted by Crippen LogP contribution is -2.36. The monoisotopic (exact) mass is 300 g/mol. The second-order valence-corrected chi connectivity index (χ2v) is 5.13. The van der Waals surface area contributed by atoms with Crippen molar-refractivity contribution in [1.29, 1.82) is 0 Å². The maximum absolute atomic E-state index is 13.5. The Morgan fingerprint density at radius 3 is 2.59 bits per heavy atom. The fourth-order valence-electron chi connectivity index (χ4n) is 2.02. The maximum Gasteiger partial charge on any atom is 0.191 e. The molecule has 0 spiro atoms. The summed E-state index contributed by atoms with van der Waals surface area (Å²) >= 11 is 0. The number of benzene rings is 1. The van der Waals surface area contributed by atoms with Crippen molar-refractivity contribution in [1.82, 2.24) is 15.6 Å². The average molecular weight is 300 g/mol. The number of hydrogen-bond donors (Lipinski definition) is 2. The smallest absolute Gasteiger partial charge is 0.191 e. The summed E-state index contributed by atoms with van der Waals surface area (Å²) < 4.78 is 13.5. The minimum atomic E-state index is -0.189. The first-order chi connectivity index (χ1) is 10.6. The number of aromatic nitrogens is 1. The van der Waals surface area contributed by atoms with Gasteiger partial charge in [0.25, 0.3) is 0 Å². The number of hydrogen-bond acceptors (Lipinski definition) is 2. The molecule has 0 saturated heterocycles. The van der Waals surface area contributed by atoms with Crippen LogP contribution in [0.1, 0.15) is 22.5 Å². The molecular formula is C17H21FN4. The van der Waals surface area contributed by atoms with E-state index in [0.29, 0.717) is 24.6 Å². The van der Waals surface area contributed by atoms with Crippen molar-refractivity contribution < 1.29 is 4.39 Å². The lowest BCUT2D eigenvalue weighted by Gasteiger charge is -2.12. The molecule has 0 aliphatic heterocycles. The van der Waals surface area contributed by atoms with Crippen LogP contribution >= 0.6 is 0 Å². The number of halogens is 1. The van der Waals surface area contributed by atoms with Gasteiger partial charge in [0.2, 0.25) is 0 Å². The average Bonchev–Trinajstić information content (AvgIpc) is 2.51. The Hall–Kier alpha value is -2.43. The van der Waals surface area contributed by atoms with Crippen LogP contribution in [0.2, 0.25) is 0 Å². The molecule has 2 rings (SSSR count). The number of nitrogens with one attached hydrogen (secondary N) is 2. The molecule has 0 unspecified atom stereocenters. The van der Waals surface area contributed by atoms with E-state index in [0.717, 1.165) is 17.0 Å². The highest BCUT2D eigenvalue weighted by molar-refractivity contribution is 5.79. The summed E-state index contributed by atoms with van der Waals surface area (Å²) in [6.45, 7) is 4.81. The van der Waals surface area contributed by atoms with Crippen molar-refractivity contribution in [3.05, 3.63) is 64.7 Å². The highest BCUT2D eigenvalue weighted by Crippen LogP contribution is 2.08. The molecule has 0 aliphatic carbocycles. The fourth-order valence-corrected chi connectivity index (χ4v) is 2.02. The lowest BCUT2D eigenvalue weighted by molar-refractivity contribution is 0.615. The molecule has 0 fully saturated rings. The highest BCUT2D eigenvalue weighted by Gasteiger charge is 2.02. The first kappa shape index (κ1) is 15.9. The summed E-state index contributed by atoms with van der Waals surface area (Å²) in [5, 5.41) is 6.35. The van der Waals surface area contributed by atoms with Gasteiger partial charge < -0.3 is 10.6 Å². The maximum atomic E-state index is 13.5. The van der Waals surface area contributed by atoms with Crippen LogP contribution in [0.15, 0.2) is 41.4 Å². The van der Waals surface area contributed by atoms with Gasteiger partial charge in [0.1, 0.15) is 5.82 Å². The minimum absolute atomic E-state index is 0.189. The molecule has 5 heteroatoms. The van der Waals surface area contributed by atoms with E-state index in [2.05, 4.69) is 20.6 Å². The Kier molecular flexibility index (Phi) is 5.47. The topological polar surface area (TPSA) is 49.3 Å². The molecule has 0 amide bonds. The predicted octanol–water partition coefficient (Wildman–Crippen LogP) is 2.70. The molecule has 0 atom stereocenters. The molecule has 1 heterocycles. The Labute approximate surface area is 130 Å². The summed E-state index contributed by atoms with van der Waals surface area (Å²) in [4.78, 5) is 8.58. The summed E-state index contributed by atoms with van der Waals surface area (Å²) in [6, 6.07) is 11.1. The predicted molar refractivity (Wildman–Crippen MR) is 87.1 cm³/mol. The van der Waals surface area contributed by atoms with E-state index in [9.17, 15) is 4.39 Å². The van der Waals surface area contributed by atoms with E-state index in [1.807, 2.05) is 31.2 Å². The van der Waals surface area contributed by atoms with E-state index in [4.69, 9.17) is 0 Å². The summed E-state index contributed by atoms with van der Waals surface area (Å²) in [7, 11) is 1.70. The van der Waals surface area contributed by atoms with Gasteiger partial charge in [-0.1, -0.05) is 18.2 Å². The molecule has 1 aromatic carbocycles. The van der Waals surface area contributed by atoms with E-state index in [1.165, 1.54) is 6.07 Å². The van der Waals surface area contributed by atoms with Gasteiger partial charge in [-0.2, -0.15) is 0 Å². The zero-order valence-electron chi connectivity index (χ0n) is 13.2. The Balaban J connectivity index is 1.88. The third-order valence-electron chi connectivity index (χ3n) is 3.30. The van der Waals surface area contributed by atoms with Crippen molar-refractivity contribution in [3.63, 3.8) is 0 Å². The Bertz CT molecular complexity index is 667. The largest absolute Gasteiger partial charge is 0.352 e. The normalized spacial score (nSPS) is 11.4. The van der Waals surface area contributed by atoms with E-state index < -0.39 is 0 Å². The number of aryl methyl sites for hydroxylation is 2. The van der Waals surface area contributed by atoms with Crippen LogP contribution in [-0.2, 0) is 13.1 Å². The molecule has 116 valence electrons. The minimum Gasteiger partial charge on any atom is -0.352 e. The van der Waals surface area contributed by atoms with Gasteiger partial charge in [-0.15, -0.1) is 0 Å². The third kappa shape index (κ3) is 4.55. The van der Waals surface area contributed by atoms with Gasteiger partial charge in [0.15, 0.2) is 5.96 Å². The van der Waals surface area contributed by atoms with Crippen LogP contribution in [-0.4, -0.2) is 18.0 Å². The second-order valence-electron chi connectivity index (χ2n) is 5.13. The molecule has 0 bridgehead atoms. The van der Waals surface area contributed by atoms with Gasteiger partial charge in [-0.05, 0) is 43.2 Å². The van der Waals surface area contributed by atoms with E-state index in [1.54, 1.807) is 20.0 Å². The van der Waals surface area contributed by atoms with Gasteiger partial charge in [0, 0.05) is 19.3 Å². The van der Waals surface area contributed by atoms with Crippen LogP contribution < -0.4 is 10.6 Å². The molecular weight excluding hydrogens is 279 g/mol. The van der Waals surface area contributed by atoms with Crippen molar-refractivity contribution in [2.75, 3.05) is 7.05 Å². The Morgan fingerprint density at radius 1 is 1.14 bits per heavy atom. The number of nitrogens with zero attached hydrogens (tertiary/aromatic N) is 2. The SMILES string of the molecule is CN=C(NCc1ccc(C)c(F)c1)NCc1cccc(C)n1. The number of guanidine groups is 1. The van der Waals surface area contributed by atoms with Crippen LogP contribution in [0, 0.1) is 19.7 Å². The van der Waals surface area contributed by atoms with Crippen molar-refractivity contribution in [3.8, 4) is 0 Å². The fraction of sp³-hybridized carbons (Fsp3) is 0.294. The third-order valence-corrected chi connectivity index (χ3v) is 3.30. The highest BCUT2D eigenvalue weighted by atomic mass is 19.1. The standard InChI is InChI=1S/C17H21FN4/c1-12-7-8-14(9-16(12)18)10-20-17(19-3)21-11-15-6-4-5-13(2)22-15/h4-9H,10-11H2,1-3H3,(H2,19,20,21). The number of pyridine rings is 1. The van der Waals surface area contributed by atoms with Gasteiger partial charge in [0.05, 0.1) is 12.2 Å². The lowest BCUT2D eigenvalue weighted by atomic mass is 10.1. The van der Waals surface area contributed by atoms with Gasteiger partial charge in [-0.3, -0.25) is 9.98 Å². The molecule has 0 saturated carbocycles. The summed E-state index contributed by atoms with van der Waals surface area (Å²) in [5.41, 5.74) is 3.46. The molecule has 1 aromatic heterocycles. The van der Waals surface area contributed by atoms with Gasteiger partial charge >= 0.3 is 0 Å². The molecule has 22 heavy (non-hydrogen) atoms. The van der Waals surface area contributed by atoms with Crippen molar-refractivity contribution in [2.24, 2.45) is 4.99 Å². The van der Waals surface area contributed by atoms with Crippen LogP contribution in [0.5, 0.6) is 0 Å². The van der Waals surface area contributed by atoms with Crippen molar-refractivity contribution >= 4 is 5.96 Å². The van der Waals surface area contributed by atoms with Crippen molar-refractivity contribution in [2.45, 2.75) is 26.9 Å².